The number of phenolic OH excluding ortho intramolecular Hbond substituents is 1. The average molecular weight is 407 g/mol. The lowest BCUT2D eigenvalue weighted by molar-refractivity contribution is 0.0528. The van der Waals surface area contributed by atoms with Gasteiger partial charge in [0.05, 0.1) is 30.6 Å². The van der Waals surface area contributed by atoms with Gasteiger partial charge in [0, 0.05) is 12.1 Å². The number of carbonyl (C=O) groups is 1. The van der Waals surface area contributed by atoms with E-state index in [-0.39, 0.29) is 35.1 Å². The summed E-state index contributed by atoms with van der Waals surface area (Å²) in [4.78, 5) is 18.4. The lowest BCUT2D eigenvalue weighted by Crippen LogP contribution is -2.33. The number of rotatable bonds is 4. The van der Waals surface area contributed by atoms with E-state index in [0.29, 0.717) is 30.4 Å². The number of ether oxygens (including phenoxy) is 2. The van der Waals surface area contributed by atoms with Gasteiger partial charge in [-0.05, 0) is 19.1 Å². The summed E-state index contributed by atoms with van der Waals surface area (Å²) in [5, 5.41) is 14.1. The predicted octanol–water partition coefficient (Wildman–Crippen LogP) is 2.80. The molecule has 0 amide bonds. The number of nitrogens with zero attached hydrogens (tertiary/aromatic N) is 4. The summed E-state index contributed by atoms with van der Waals surface area (Å²) in [6.45, 7) is 2.85. The predicted molar refractivity (Wildman–Crippen MR) is 98.6 cm³/mol. The van der Waals surface area contributed by atoms with Gasteiger partial charge in [0.2, 0.25) is 0 Å². The molecule has 2 aromatic heterocycles. The van der Waals surface area contributed by atoms with Crippen LogP contribution >= 0.6 is 11.6 Å². The Kier molecular flexibility index (Phi) is 4.68. The topological polar surface area (TPSA) is 89.2 Å². The van der Waals surface area contributed by atoms with Crippen molar-refractivity contribution >= 4 is 29.0 Å². The largest absolute Gasteiger partial charge is 0.508 e. The van der Waals surface area contributed by atoms with Crippen LogP contribution in [0.15, 0.2) is 24.5 Å². The van der Waals surface area contributed by atoms with Gasteiger partial charge in [-0.2, -0.15) is 5.10 Å². The molecule has 0 atom stereocenters. The fourth-order valence-electron chi connectivity index (χ4n) is 3.02. The van der Waals surface area contributed by atoms with Gasteiger partial charge in [0.15, 0.2) is 17.2 Å². The minimum atomic E-state index is -0.619. The second-order valence-corrected chi connectivity index (χ2v) is 6.48. The number of fused-ring (bicyclic) bond motifs is 2. The first-order valence-corrected chi connectivity index (χ1v) is 8.96. The van der Waals surface area contributed by atoms with E-state index in [0.717, 1.165) is 6.07 Å². The first-order chi connectivity index (χ1) is 13.5. The Morgan fingerprint density at radius 1 is 1.46 bits per heavy atom. The van der Waals surface area contributed by atoms with E-state index in [4.69, 9.17) is 21.1 Å². The molecule has 0 spiro atoms. The number of carbonyl (C=O) groups excluding carboxylic acids is 1. The molecule has 1 N–H and O–H groups in total. The molecule has 1 aromatic carbocycles. The van der Waals surface area contributed by atoms with Gasteiger partial charge in [-0.1, -0.05) is 11.6 Å². The summed E-state index contributed by atoms with van der Waals surface area (Å²) in [6, 6.07) is 2.36. The fourth-order valence-corrected chi connectivity index (χ4v) is 3.24. The molecule has 10 heteroatoms. The fraction of sp³-hybridized carbons (Fsp3) is 0.278. The molecular weight excluding hydrogens is 391 g/mol. The summed E-state index contributed by atoms with van der Waals surface area (Å²) in [6.07, 6.45) is 2.99. The van der Waals surface area contributed by atoms with E-state index in [1.54, 1.807) is 18.0 Å². The van der Waals surface area contributed by atoms with Gasteiger partial charge in [0.1, 0.15) is 23.7 Å². The Bertz CT molecular complexity index is 1070. The number of anilines is 1. The number of halogens is 2. The van der Waals surface area contributed by atoms with Crippen LogP contribution in [0.5, 0.6) is 11.5 Å². The van der Waals surface area contributed by atoms with Crippen molar-refractivity contribution in [1.82, 2.24) is 14.6 Å². The molecule has 0 bridgehead atoms. The number of esters is 1. The normalized spacial score (nSPS) is 13.3. The quantitative estimate of drug-likeness (QED) is 0.666. The van der Waals surface area contributed by atoms with Gasteiger partial charge < -0.3 is 19.5 Å². The van der Waals surface area contributed by atoms with Crippen LogP contribution in [0.3, 0.4) is 0 Å². The van der Waals surface area contributed by atoms with Crippen molar-refractivity contribution in [3.63, 3.8) is 0 Å². The monoisotopic (exact) mass is 406 g/mol. The average Bonchev–Trinajstić information content (AvgIpc) is 3.10. The van der Waals surface area contributed by atoms with Crippen LogP contribution in [-0.4, -0.2) is 45.4 Å². The number of hydrogen-bond acceptors (Lipinski definition) is 7. The molecule has 3 heterocycles. The molecule has 146 valence electrons. The van der Waals surface area contributed by atoms with E-state index >= 15 is 0 Å². The Morgan fingerprint density at radius 2 is 2.29 bits per heavy atom. The summed E-state index contributed by atoms with van der Waals surface area (Å²) in [5.74, 6) is -0.378. The maximum absolute atomic E-state index is 13.8. The lowest BCUT2D eigenvalue weighted by atomic mass is 10.1. The molecule has 0 saturated heterocycles. The summed E-state index contributed by atoms with van der Waals surface area (Å²) in [5.41, 5.74) is 0.777. The van der Waals surface area contributed by atoms with Crippen LogP contribution in [0, 0.1) is 5.82 Å². The minimum Gasteiger partial charge on any atom is -0.508 e. The highest BCUT2D eigenvalue weighted by molar-refractivity contribution is 6.31. The number of aromatic hydroxyl groups is 1. The number of hydrogen-bond donors (Lipinski definition) is 1. The maximum Gasteiger partial charge on any atom is 0.343 e. The molecule has 0 saturated carbocycles. The van der Waals surface area contributed by atoms with Crippen LogP contribution in [0.2, 0.25) is 5.02 Å². The van der Waals surface area contributed by atoms with Crippen molar-refractivity contribution in [1.29, 1.82) is 0 Å². The van der Waals surface area contributed by atoms with Gasteiger partial charge in [-0.25, -0.2) is 18.7 Å². The second kappa shape index (κ2) is 7.16. The standard InChI is InChI=1S/C18H16ClFN4O4/c1-2-27-18(26)10-7-21-24-9-14-17(22-16(10)24)23(5-6-28-14)8-11-13(25)4-3-12(20)15(11)19/h3-4,7,9,25H,2,5-6,8H2,1H3. The van der Waals surface area contributed by atoms with Crippen molar-refractivity contribution in [2.45, 2.75) is 13.5 Å². The molecular formula is C18H16ClFN4O4. The molecule has 0 unspecified atom stereocenters. The van der Waals surface area contributed by atoms with E-state index < -0.39 is 11.8 Å². The third-order valence-corrected chi connectivity index (χ3v) is 4.78. The summed E-state index contributed by atoms with van der Waals surface area (Å²) < 4.78 is 25.9. The molecule has 0 aliphatic carbocycles. The molecule has 4 rings (SSSR count). The van der Waals surface area contributed by atoms with E-state index in [1.807, 2.05) is 0 Å². The first kappa shape index (κ1) is 18.3. The zero-order chi connectivity index (χ0) is 19.8. The van der Waals surface area contributed by atoms with E-state index in [2.05, 4.69) is 10.1 Å². The molecule has 28 heavy (non-hydrogen) atoms. The van der Waals surface area contributed by atoms with Crippen molar-refractivity contribution < 1.29 is 23.8 Å². The molecule has 0 radical (unpaired) electrons. The van der Waals surface area contributed by atoms with Crippen molar-refractivity contribution in [3.8, 4) is 11.5 Å². The minimum absolute atomic E-state index is 0.114. The highest BCUT2D eigenvalue weighted by atomic mass is 35.5. The van der Waals surface area contributed by atoms with Gasteiger partial charge in [0.25, 0.3) is 0 Å². The third-order valence-electron chi connectivity index (χ3n) is 4.37. The zero-order valence-electron chi connectivity index (χ0n) is 14.9. The van der Waals surface area contributed by atoms with Crippen LogP contribution in [0.25, 0.3) is 5.65 Å². The summed E-state index contributed by atoms with van der Waals surface area (Å²) in [7, 11) is 0. The second-order valence-electron chi connectivity index (χ2n) is 6.10. The highest BCUT2D eigenvalue weighted by Gasteiger charge is 2.26. The van der Waals surface area contributed by atoms with Crippen LogP contribution in [0.4, 0.5) is 10.2 Å². The summed E-state index contributed by atoms with van der Waals surface area (Å²) >= 11 is 6.04. The van der Waals surface area contributed by atoms with Crippen molar-refractivity contribution in [2.24, 2.45) is 0 Å². The molecule has 0 fully saturated rings. The first-order valence-electron chi connectivity index (χ1n) is 8.58. The molecule has 1 aliphatic rings. The Labute approximate surface area is 164 Å². The van der Waals surface area contributed by atoms with Crippen LogP contribution < -0.4 is 9.64 Å². The van der Waals surface area contributed by atoms with Crippen molar-refractivity contribution in [2.75, 3.05) is 24.7 Å². The number of benzene rings is 1. The Balaban J connectivity index is 1.76. The van der Waals surface area contributed by atoms with Gasteiger partial charge in [-0.15, -0.1) is 0 Å². The van der Waals surface area contributed by atoms with Gasteiger partial charge >= 0.3 is 5.97 Å². The Hall–Kier alpha value is -3.07. The number of phenols is 1. The maximum atomic E-state index is 13.8. The molecule has 8 nitrogen and oxygen atoms in total. The zero-order valence-corrected chi connectivity index (χ0v) is 15.6. The van der Waals surface area contributed by atoms with Crippen molar-refractivity contribution in [3.05, 3.63) is 46.5 Å². The van der Waals surface area contributed by atoms with Crippen LogP contribution in [-0.2, 0) is 11.3 Å². The lowest BCUT2D eigenvalue weighted by Gasteiger charge is -2.30. The van der Waals surface area contributed by atoms with Gasteiger partial charge in [-0.3, -0.25) is 0 Å². The molecule has 1 aliphatic heterocycles. The van der Waals surface area contributed by atoms with E-state index in [1.165, 1.54) is 16.8 Å². The smallest absolute Gasteiger partial charge is 0.343 e. The van der Waals surface area contributed by atoms with Crippen LogP contribution in [0.1, 0.15) is 22.8 Å². The highest BCUT2D eigenvalue weighted by Crippen LogP contribution is 2.35. The SMILES string of the molecule is CCOC(=O)c1cnn2cc3c(nc12)N(Cc1c(O)ccc(F)c1Cl)CCO3. The third kappa shape index (κ3) is 3.07. The Morgan fingerprint density at radius 3 is 3.07 bits per heavy atom. The number of aromatic nitrogens is 3. The molecule has 3 aromatic rings. The van der Waals surface area contributed by atoms with E-state index in [9.17, 15) is 14.3 Å².